The van der Waals surface area contributed by atoms with Crippen molar-refractivity contribution in [1.82, 2.24) is 15.9 Å². The van der Waals surface area contributed by atoms with Crippen LogP contribution in [0.5, 0.6) is 23.0 Å². The van der Waals surface area contributed by atoms with Crippen LogP contribution in [0, 0.1) is 0 Å². The highest BCUT2D eigenvalue weighted by molar-refractivity contribution is 5.90. The smallest absolute Gasteiger partial charge is 0.339 e. The number of nitrogens with one attached hydrogen (secondary N) is 3. The number of benzene rings is 3. The Hall–Kier alpha value is -5.16. The predicted molar refractivity (Wildman–Crippen MR) is 160 cm³/mol. The summed E-state index contributed by atoms with van der Waals surface area (Å²) in [6.45, 7) is 0.488. The second-order valence-corrected chi connectivity index (χ2v) is 9.24. The van der Waals surface area contributed by atoms with E-state index in [1.807, 2.05) is 42.5 Å². The number of anilines is 1. The number of fused-ring (bicyclic) bond motifs is 1. The van der Waals surface area contributed by atoms with Crippen LogP contribution in [0.4, 0.5) is 10.5 Å². The second-order valence-electron chi connectivity index (χ2n) is 9.24. The number of nitrogens with zero attached hydrogens (tertiary/aromatic N) is 2. The number of hydrazone groups is 1. The van der Waals surface area contributed by atoms with Gasteiger partial charge in [0.2, 0.25) is 5.91 Å². The molecule has 4 aromatic rings. The number of hydrogen-bond donors (Lipinski definition) is 4. The van der Waals surface area contributed by atoms with Gasteiger partial charge in [-0.25, -0.2) is 15.7 Å². The fraction of sp³-hybridized carbons (Fsp3) is 0.226. The zero-order valence-corrected chi connectivity index (χ0v) is 23.2. The molecule has 0 radical (unpaired) electrons. The van der Waals surface area contributed by atoms with Gasteiger partial charge in [-0.15, -0.1) is 0 Å². The van der Waals surface area contributed by atoms with Crippen LogP contribution in [0.25, 0.3) is 10.9 Å². The average Bonchev–Trinajstić information content (AvgIpc) is 3.01. The third-order valence-electron chi connectivity index (χ3n) is 6.19. The van der Waals surface area contributed by atoms with Crippen molar-refractivity contribution in [3.05, 3.63) is 84.6 Å². The molecule has 0 saturated carbocycles. The number of carbonyl (C=O) groups excluding carboxylic acids is 2. The number of amides is 3. The van der Waals surface area contributed by atoms with Gasteiger partial charge in [0.25, 0.3) is 0 Å². The Morgan fingerprint density at radius 3 is 2.48 bits per heavy atom. The molecule has 0 spiro atoms. The van der Waals surface area contributed by atoms with Crippen LogP contribution in [-0.4, -0.2) is 42.1 Å². The minimum atomic E-state index is -0.465. The SMILES string of the molecule is COc1cc2c(Oc3ccc(NC(=O)N/N=C/c4ccccc4)cc3)ccnc2cc1OCCCCCCC(=O)NO. The normalized spacial score (nSPS) is 10.8. The van der Waals surface area contributed by atoms with E-state index >= 15 is 0 Å². The molecule has 218 valence electrons. The first-order valence-corrected chi connectivity index (χ1v) is 13.5. The third kappa shape index (κ3) is 8.93. The second kappa shape index (κ2) is 15.6. The van der Waals surface area contributed by atoms with Gasteiger partial charge >= 0.3 is 6.03 Å². The molecule has 0 fully saturated rings. The Bertz CT molecular complexity index is 1500. The van der Waals surface area contributed by atoms with Gasteiger partial charge in [0.15, 0.2) is 11.5 Å². The molecule has 11 nitrogen and oxygen atoms in total. The number of unbranched alkanes of at least 4 members (excludes halogenated alkanes) is 3. The predicted octanol–water partition coefficient (Wildman–Crippen LogP) is 6.03. The lowest BCUT2D eigenvalue weighted by Crippen LogP contribution is -2.24. The number of aromatic nitrogens is 1. The van der Waals surface area contributed by atoms with E-state index in [-0.39, 0.29) is 5.91 Å². The van der Waals surface area contributed by atoms with E-state index < -0.39 is 6.03 Å². The van der Waals surface area contributed by atoms with Crippen molar-refractivity contribution in [3.8, 4) is 23.0 Å². The first kappa shape index (κ1) is 29.8. The standard InChI is InChI=1S/C31H33N5O6/c1-40-28-19-25-26(20-29(28)41-18-8-3-2-7-11-30(37)36-39)32-17-16-27(25)42-24-14-12-23(13-15-24)34-31(38)35-33-21-22-9-5-4-6-10-22/h4-6,9-10,12-17,19-21,39H,2-3,7-8,11,18H2,1H3,(H,36,37)(H2,34,35,38)/b33-21+. The third-order valence-corrected chi connectivity index (χ3v) is 6.19. The van der Waals surface area contributed by atoms with E-state index in [1.54, 1.807) is 55.3 Å². The Morgan fingerprint density at radius 2 is 1.71 bits per heavy atom. The number of hydrogen-bond acceptors (Lipinski definition) is 8. The molecule has 42 heavy (non-hydrogen) atoms. The molecule has 4 rings (SSSR count). The number of rotatable bonds is 14. The lowest BCUT2D eigenvalue weighted by atomic mass is 10.1. The molecule has 3 amide bonds. The molecule has 0 bridgehead atoms. The van der Waals surface area contributed by atoms with Gasteiger partial charge in [-0.1, -0.05) is 43.2 Å². The summed E-state index contributed by atoms with van der Waals surface area (Å²) in [5.74, 6) is 1.93. The summed E-state index contributed by atoms with van der Waals surface area (Å²) in [5, 5.41) is 16.0. The summed E-state index contributed by atoms with van der Waals surface area (Å²) in [4.78, 5) is 27.7. The maximum atomic E-state index is 12.2. The van der Waals surface area contributed by atoms with Gasteiger partial charge in [0.1, 0.15) is 11.5 Å². The highest BCUT2D eigenvalue weighted by Gasteiger charge is 2.12. The molecule has 0 aliphatic carbocycles. The molecule has 4 N–H and O–H groups in total. The molecule has 0 unspecified atom stereocenters. The molecule has 11 heteroatoms. The zero-order chi connectivity index (χ0) is 29.6. The molecular weight excluding hydrogens is 538 g/mol. The summed E-state index contributed by atoms with van der Waals surface area (Å²) >= 11 is 0. The fourth-order valence-electron chi connectivity index (χ4n) is 4.07. The van der Waals surface area contributed by atoms with E-state index in [4.69, 9.17) is 19.4 Å². The summed E-state index contributed by atoms with van der Waals surface area (Å²) in [5.41, 5.74) is 6.21. The number of methoxy groups -OCH3 is 1. The minimum Gasteiger partial charge on any atom is -0.493 e. The van der Waals surface area contributed by atoms with E-state index in [9.17, 15) is 9.59 Å². The van der Waals surface area contributed by atoms with Gasteiger partial charge in [-0.2, -0.15) is 5.10 Å². The van der Waals surface area contributed by atoms with Gasteiger partial charge in [-0.3, -0.25) is 15.0 Å². The summed E-state index contributed by atoms with van der Waals surface area (Å²) in [6.07, 6.45) is 6.80. The maximum Gasteiger partial charge on any atom is 0.339 e. The van der Waals surface area contributed by atoms with Crippen molar-refractivity contribution in [1.29, 1.82) is 0 Å². The summed E-state index contributed by atoms with van der Waals surface area (Å²) < 4.78 is 17.7. The lowest BCUT2D eigenvalue weighted by molar-refractivity contribution is -0.129. The number of carbonyl (C=O) groups is 2. The molecular formula is C31H33N5O6. The van der Waals surface area contributed by atoms with Crippen LogP contribution in [0.2, 0.25) is 0 Å². The fourth-order valence-corrected chi connectivity index (χ4v) is 4.07. The van der Waals surface area contributed by atoms with Crippen molar-refractivity contribution in [3.63, 3.8) is 0 Å². The number of pyridine rings is 1. The molecule has 0 aliphatic heterocycles. The molecule has 0 aliphatic rings. The largest absolute Gasteiger partial charge is 0.493 e. The maximum absolute atomic E-state index is 12.2. The van der Waals surface area contributed by atoms with Crippen molar-refractivity contribution >= 4 is 34.7 Å². The Balaban J connectivity index is 1.32. The monoisotopic (exact) mass is 571 g/mol. The topological polar surface area (TPSA) is 143 Å². The van der Waals surface area contributed by atoms with Crippen LogP contribution in [0.1, 0.15) is 37.7 Å². The van der Waals surface area contributed by atoms with Crippen molar-refractivity contribution in [2.24, 2.45) is 5.10 Å². The minimum absolute atomic E-state index is 0.301. The van der Waals surface area contributed by atoms with E-state index in [0.29, 0.717) is 53.7 Å². The van der Waals surface area contributed by atoms with E-state index in [1.165, 1.54) is 0 Å². The molecule has 0 saturated heterocycles. The van der Waals surface area contributed by atoms with Crippen molar-refractivity contribution in [2.75, 3.05) is 19.0 Å². The van der Waals surface area contributed by atoms with Gasteiger partial charge < -0.3 is 19.5 Å². The Kier molecular flexibility index (Phi) is 11.1. The van der Waals surface area contributed by atoms with Gasteiger partial charge in [0, 0.05) is 29.8 Å². The van der Waals surface area contributed by atoms with Gasteiger partial charge in [0.05, 0.1) is 25.4 Å². The molecule has 1 heterocycles. The number of ether oxygens (including phenoxy) is 3. The molecule has 1 aromatic heterocycles. The van der Waals surface area contributed by atoms with Crippen LogP contribution >= 0.6 is 0 Å². The first-order chi connectivity index (χ1) is 20.6. The van der Waals surface area contributed by atoms with E-state index in [0.717, 1.165) is 30.2 Å². The average molecular weight is 572 g/mol. The Morgan fingerprint density at radius 1 is 0.929 bits per heavy atom. The molecule has 0 atom stereocenters. The number of urea groups is 1. The highest BCUT2D eigenvalue weighted by atomic mass is 16.5. The number of hydroxylamine groups is 1. The van der Waals surface area contributed by atoms with Crippen LogP contribution < -0.4 is 30.4 Å². The van der Waals surface area contributed by atoms with Crippen molar-refractivity contribution in [2.45, 2.75) is 32.1 Å². The van der Waals surface area contributed by atoms with Crippen LogP contribution in [0.15, 0.2) is 84.1 Å². The Labute approximate surface area is 243 Å². The quantitative estimate of drug-likeness (QED) is 0.0626. The lowest BCUT2D eigenvalue weighted by Gasteiger charge is -2.14. The summed E-state index contributed by atoms with van der Waals surface area (Å²) in [7, 11) is 1.58. The van der Waals surface area contributed by atoms with Crippen LogP contribution in [0.3, 0.4) is 0 Å². The van der Waals surface area contributed by atoms with E-state index in [2.05, 4.69) is 20.8 Å². The summed E-state index contributed by atoms with van der Waals surface area (Å²) in [6, 6.07) is 21.4. The van der Waals surface area contributed by atoms with Gasteiger partial charge in [-0.05, 0) is 54.8 Å². The highest BCUT2D eigenvalue weighted by Crippen LogP contribution is 2.37. The zero-order valence-electron chi connectivity index (χ0n) is 23.2. The molecule has 3 aromatic carbocycles. The van der Waals surface area contributed by atoms with Crippen molar-refractivity contribution < 1.29 is 29.0 Å². The first-order valence-electron chi connectivity index (χ1n) is 13.5. The van der Waals surface area contributed by atoms with Crippen LogP contribution in [-0.2, 0) is 4.79 Å².